The van der Waals surface area contributed by atoms with Crippen molar-refractivity contribution in [3.63, 3.8) is 0 Å². The quantitative estimate of drug-likeness (QED) is 0.791. The molecule has 0 atom stereocenters. The summed E-state index contributed by atoms with van der Waals surface area (Å²) >= 11 is 7.49. The van der Waals surface area contributed by atoms with E-state index in [9.17, 15) is 0 Å². The lowest BCUT2D eigenvalue weighted by atomic mass is 10.2. The molecule has 4 heteroatoms. The van der Waals surface area contributed by atoms with Crippen LogP contribution in [0.3, 0.4) is 0 Å². The summed E-state index contributed by atoms with van der Waals surface area (Å²) in [6.07, 6.45) is 1.94. The van der Waals surface area contributed by atoms with E-state index in [2.05, 4.69) is 0 Å². The number of ether oxygens (including phenoxy) is 1. The van der Waals surface area contributed by atoms with Crippen LogP contribution in [0, 0.1) is 0 Å². The number of methoxy groups -OCH3 is 1. The molecule has 0 aliphatic rings. The minimum Gasteiger partial charge on any atom is -0.494 e. The van der Waals surface area contributed by atoms with Gasteiger partial charge in [-0.1, -0.05) is 11.6 Å². The topological polar surface area (TPSA) is 29.5 Å². The molecular weight excluding hydrogens is 208 g/mol. The van der Waals surface area contributed by atoms with Crippen molar-refractivity contribution >= 4 is 23.4 Å². The van der Waals surface area contributed by atoms with Crippen LogP contribution in [-0.4, -0.2) is 18.5 Å². The van der Waals surface area contributed by atoms with Gasteiger partial charge in [0.2, 0.25) is 0 Å². The highest BCUT2D eigenvalue weighted by atomic mass is 35.5. The predicted molar refractivity (Wildman–Crippen MR) is 55.7 cm³/mol. The van der Waals surface area contributed by atoms with E-state index in [4.69, 9.17) is 21.4 Å². The molecule has 0 spiro atoms. The maximum absolute atomic E-state index is 8.94. The van der Waals surface area contributed by atoms with E-state index in [1.807, 2.05) is 12.3 Å². The molecule has 1 N–H and O–H groups in total. The Morgan fingerprint density at radius 1 is 1.54 bits per heavy atom. The summed E-state index contributed by atoms with van der Waals surface area (Å²) in [6, 6.07) is 3.58. The van der Waals surface area contributed by atoms with Gasteiger partial charge in [-0.2, -0.15) is 0 Å². The molecule has 72 valence electrons. The molecule has 0 saturated carbocycles. The molecule has 13 heavy (non-hydrogen) atoms. The largest absolute Gasteiger partial charge is 0.494 e. The third-order valence-corrected chi connectivity index (χ3v) is 2.70. The van der Waals surface area contributed by atoms with E-state index in [0.717, 1.165) is 10.5 Å². The van der Waals surface area contributed by atoms with Gasteiger partial charge >= 0.3 is 0 Å². The van der Waals surface area contributed by atoms with Crippen molar-refractivity contribution < 1.29 is 9.84 Å². The Labute approximate surface area is 86.9 Å². The smallest absolute Gasteiger partial charge is 0.150 e. The zero-order valence-electron chi connectivity index (χ0n) is 7.50. The lowest BCUT2D eigenvalue weighted by Crippen LogP contribution is -1.91. The highest BCUT2D eigenvalue weighted by Crippen LogP contribution is 2.35. The lowest BCUT2D eigenvalue weighted by Gasteiger charge is -2.09. The van der Waals surface area contributed by atoms with Crippen LogP contribution in [0.2, 0.25) is 5.02 Å². The Morgan fingerprint density at radius 2 is 2.23 bits per heavy atom. The molecule has 0 amide bonds. The first-order valence-electron chi connectivity index (χ1n) is 3.74. The lowest BCUT2D eigenvalue weighted by molar-refractivity contribution is 0.281. The van der Waals surface area contributed by atoms with E-state index in [-0.39, 0.29) is 6.61 Å². The number of halogens is 1. The molecule has 0 aliphatic heterocycles. The van der Waals surface area contributed by atoms with Gasteiger partial charge in [-0.05, 0) is 24.0 Å². The molecule has 2 nitrogen and oxygen atoms in total. The molecule has 0 saturated heterocycles. The van der Waals surface area contributed by atoms with E-state index < -0.39 is 0 Å². The first-order chi connectivity index (χ1) is 6.22. The Bertz CT molecular complexity index is 302. The minimum absolute atomic E-state index is 0.00270. The second-order valence-electron chi connectivity index (χ2n) is 2.47. The number of aliphatic hydroxyl groups is 1. The average Bonchev–Trinajstić information content (AvgIpc) is 2.16. The highest BCUT2D eigenvalue weighted by Gasteiger charge is 2.08. The predicted octanol–water partition coefficient (Wildman–Crippen LogP) is 2.56. The van der Waals surface area contributed by atoms with E-state index in [0.29, 0.717) is 10.8 Å². The number of benzene rings is 1. The molecule has 0 aromatic heterocycles. The monoisotopic (exact) mass is 218 g/mol. The fraction of sp³-hybridized carbons (Fsp3) is 0.333. The summed E-state index contributed by atoms with van der Waals surface area (Å²) in [5.74, 6) is 0.673. The van der Waals surface area contributed by atoms with Gasteiger partial charge in [0, 0.05) is 0 Å². The molecule has 0 heterocycles. The van der Waals surface area contributed by atoms with Crippen molar-refractivity contribution in [3.8, 4) is 5.75 Å². The molecule has 0 bridgehead atoms. The van der Waals surface area contributed by atoms with Gasteiger partial charge in [0.1, 0.15) is 0 Å². The average molecular weight is 219 g/mol. The molecule has 0 unspecified atom stereocenters. The number of hydrogen-bond acceptors (Lipinski definition) is 3. The van der Waals surface area contributed by atoms with Gasteiger partial charge in [-0.25, -0.2) is 0 Å². The molecule has 0 fully saturated rings. The summed E-state index contributed by atoms with van der Waals surface area (Å²) in [5.41, 5.74) is 0.801. The molecular formula is C9H11ClO2S. The first-order valence-corrected chi connectivity index (χ1v) is 5.34. The van der Waals surface area contributed by atoms with Crippen molar-refractivity contribution in [1.82, 2.24) is 0 Å². The standard InChI is InChI=1S/C9H11ClO2S/c1-12-9-7(10)3-6(5-11)4-8(9)13-2/h3-4,11H,5H2,1-2H3. The number of rotatable bonds is 3. The van der Waals surface area contributed by atoms with Crippen molar-refractivity contribution in [2.45, 2.75) is 11.5 Å². The van der Waals surface area contributed by atoms with E-state index >= 15 is 0 Å². The summed E-state index contributed by atoms with van der Waals surface area (Å²) in [4.78, 5) is 0.944. The highest BCUT2D eigenvalue weighted by molar-refractivity contribution is 7.98. The third kappa shape index (κ3) is 2.30. The second kappa shape index (κ2) is 4.74. The molecule has 0 radical (unpaired) electrons. The maximum Gasteiger partial charge on any atom is 0.150 e. The molecule has 0 aliphatic carbocycles. The van der Waals surface area contributed by atoms with Crippen LogP contribution >= 0.6 is 23.4 Å². The van der Waals surface area contributed by atoms with Crippen LogP contribution in [0.4, 0.5) is 0 Å². The van der Waals surface area contributed by atoms with Gasteiger partial charge in [0.15, 0.2) is 5.75 Å². The summed E-state index contributed by atoms with van der Waals surface area (Å²) in [6.45, 7) is -0.00270. The Hall–Kier alpha value is -0.380. The van der Waals surface area contributed by atoms with Gasteiger partial charge in [0.05, 0.1) is 23.6 Å². The fourth-order valence-corrected chi connectivity index (χ4v) is 2.09. The van der Waals surface area contributed by atoms with Crippen LogP contribution in [-0.2, 0) is 6.61 Å². The van der Waals surface area contributed by atoms with Gasteiger partial charge in [0.25, 0.3) is 0 Å². The van der Waals surface area contributed by atoms with Crippen LogP contribution in [0.25, 0.3) is 0 Å². The third-order valence-electron chi connectivity index (χ3n) is 1.68. The van der Waals surface area contributed by atoms with Crippen molar-refractivity contribution in [3.05, 3.63) is 22.7 Å². The van der Waals surface area contributed by atoms with Gasteiger partial charge < -0.3 is 9.84 Å². The molecule has 1 rings (SSSR count). The van der Waals surface area contributed by atoms with Crippen molar-refractivity contribution in [2.75, 3.05) is 13.4 Å². The normalized spacial score (nSPS) is 10.2. The number of hydrogen-bond donors (Lipinski definition) is 1. The van der Waals surface area contributed by atoms with Crippen LogP contribution in [0.15, 0.2) is 17.0 Å². The SMILES string of the molecule is COc1c(Cl)cc(CO)cc1SC. The van der Waals surface area contributed by atoms with E-state index in [1.165, 1.54) is 0 Å². The Kier molecular flexibility index (Phi) is 3.90. The van der Waals surface area contributed by atoms with Crippen molar-refractivity contribution in [1.29, 1.82) is 0 Å². The summed E-state index contributed by atoms with van der Waals surface area (Å²) < 4.78 is 5.13. The van der Waals surface area contributed by atoms with Gasteiger partial charge in [-0.15, -0.1) is 11.8 Å². The Morgan fingerprint density at radius 3 is 2.69 bits per heavy atom. The number of aliphatic hydroxyl groups excluding tert-OH is 1. The molecule has 1 aromatic carbocycles. The van der Waals surface area contributed by atoms with Crippen molar-refractivity contribution in [2.24, 2.45) is 0 Å². The molecule has 1 aromatic rings. The van der Waals surface area contributed by atoms with Crippen LogP contribution in [0.1, 0.15) is 5.56 Å². The first kappa shape index (κ1) is 10.7. The summed E-state index contributed by atoms with van der Waals surface area (Å²) in [7, 11) is 1.58. The number of thioether (sulfide) groups is 1. The zero-order valence-corrected chi connectivity index (χ0v) is 9.08. The second-order valence-corrected chi connectivity index (χ2v) is 3.73. The Balaban J connectivity index is 3.20. The van der Waals surface area contributed by atoms with Gasteiger partial charge in [-0.3, -0.25) is 0 Å². The summed E-state index contributed by atoms with van der Waals surface area (Å²) in [5, 5.41) is 9.48. The van der Waals surface area contributed by atoms with Crippen LogP contribution in [0.5, 0.6) is 5.75 Å². The van der Waals surface area contributed by atoms with Crippen LogP contribution < -0.4 is 4.74 Å². The minimum atomic E-state index is -0.00270. The van der Waals surface area contributed by atoms with E-state index in [1.54, 1.807) is 24.9 Å². The zero-order chi connectivity index (χ0) is 9.84. The fourth-order valence-electron chi connectivity index (χ4n) is 1.06. The maximum atomic E-state index is 8.94.